The number of nitrogens with zero attached hydrogens (tertiary/aromatic N) is 1. The third-order valence-electron chi connectivity index (χ3n) is 3.73. The third kappa shape index (κ3) is 4.60. The van der Waals surface area contributed by atoms with Crippen molar-refractivity contribution >= 4 is 5.69 Å². The van der Waals surface area contributed by atoms with E-state index in [0.717, 1.165) is 6.07 Å². The van der Waals surface area contributed by atoms with Crippen LogP contribution < -0.4 is 4.90 Å². The minimum atomic E-state index is -4.44. The molecule has 0 aromatic heterocycles. The molecule has 26 heavy (non-hydrogen) atoms. The summed E-state index contributed by atoms with van der Waals surface area (Å²) in [6.07, 6.45) is -2.18. The fourth-order valence-corrected chi connectivity index (χ4v) is 2.55. The Labute approximate surface area is 151 Å². The molecular weight excluding hydrogens is 339 g/mol. The molecule has 0 fully saturated rings. The van der Waals surface area contributed by atoms with E-state index in [9.17, 15) is 18.3 Å². The Hall–Kier alpha value is -2.87. The molecule has 0 atom stereocenters. The molecule has 2 nitrogen and oxygen atoms in total. The average Bonchev–Trinajstić information content (AvgIpc) is 2.59. The summed E-state index contributed by atoms with van der Waals surface area (Å²) < 4.78 is 40.1. The van der Waals surface area contributed by atoms with Crippen molar-refractivity contribution in [2.75, 3.05) is 19.0 Å². The Kier molecular flexibility index (Phi) is 5.99. The molecular formula is C21H20F3NO. The lowest BCUT2D eigenvalue weighted by atomic mass is 9.96. The standard InChI is InChI=1S/C21H20F3NO/c1-4-7-16(26)12-10-15-11-13-18(20(14-15)25(2)3)17-8-5-6-9-19(17)21(22,23)24/h5-9,11,13-14,26H,4H2,1-3H3/b16-7+. The van der Waals surface area contributed by atoms with E-state index in [1.807, 2.05) is 6.92 Å². The van der Waals surface area contributed by atoms with E-state index in [1.165, 1.54) is 12.1 Å². The number of alkyl halides is 3. The zero-order valence-corrected chi connectivity index (χ0v) is 14.9. The Balaban J connectivity index is 2.58. The van der Waals surface area contributed by atoms with Gasteiger partial charge in [-0.05, 0) is 42.2 Å². The van der Waals surface area contributed by atoms with Crippen LogP contribution >= 0.6 is 0 Å². The molecule has 136 valence electrons. The molecule has 2 aromatic rings. The molecule has 0 spiro atoms. The topological polar surface area (TPSA) is 23.5 Å². The van der Waals surface area contributed by atoms with Crippen molar-refractivity contribution in [3.63, 3.8) is 0 Å². The summed E-state index contributed by atoms with van der Waals surface area (Å²) in [5.41, 5.74) is 1.15. The van der Waals surface area contributed by atoms with Gasteiger partial charge in [-0.25, -0.2) is 0 Å². The summed E-state index contributed by atoms with van der Waals surface area (Å²) >= 11 is 0. The van der Waals surface area contributed by atoms with Gasteiger partial charge < -0.3 is 10.0 Å². The van der Waals surface area contributed by atoms with Crippen LogP contribution in [0, 0.1) is 11.8 Å². The predicted molar refractivity (Wildman–Crippen MR) is 99.1 cm³/mol. The van der Waals surface area contributed by atoms with Crippen LogP contribution in [0.5, 0.6) is 0 Å². The van der Waals surface area contributed by atoms with Gasteiger partial charge in [0, 0.05) is 30.9 Å². The quantitative estimate of drug-likeness (QED) is 0.566. The van der Waals surface area contributed by atoms with Gasteiger partial charge in [-0.3, -0.25) is 0 Å². The van der Waals surface area contributed by atoms with E-state index < -0.39 is 11.7 Å². The fraction of sp³-hybridized carbons (Fsp3) is 0.238. The Morgan fingerprint density at radius 3 is 2.42 bits per heavy atom. The zero-order valence-electron chi connectivity index (χ0n) is 14.9. The van der Waals surface area contributed by atoms with Crippen molar-refractivity contribution in [2.45, 2.75) is 19.5 Å². The molecule has 0 radical (unpaired) electrons. The molecule has 2 aromatic carbocycles. The summed E-state index contributed by atoms with van der Waals surface area (Å²) in [7, 11) is 3.53. The van der Waals surface area contributed by atoms with E-state index in [1.54, 1.807) is 49.3 Å². The first-order valence-electron chi connectivity index (χ1n) is 8.13. The first kappa shape index (κ1) is 19.5. The van der Waals surface area contributed by atoms with E-state index in [2.05, 4.69) is 11.8 Å². The first-order valence-corrected chi connectivity index (χ1v) is 8.13. The van der Waals surface area contributed by atoms with Crippen molar-refractivity contribution in [2.24, 2.45) is 0 Å². The highest BCUT2D eigenvalue weighted by atomic mass is 19.4. The Morgan fingerprint density at radius 2 is 1.81 bits per heavy atom. The summed E-state index contributed by atoms with van der Waals surface area (Å²) in [5.74, 6) is 5.44. The number of halogens is 3. The lowest BCUT2D eigenvalue weighted by Gasteiger charge is -2.20. The molecule has 0 amide bonds. The van der Waals surface area contributed by atoms with Gasteiger partial charge in [0.1, 0.15) is 0 Å². The summed E-state index contributed by atoms with van der Waals surface area (Å²) in [5, 5.41) is 9.60. The normalized spacial score (nSPS) is 11.7. The smallest absolute Gasteiger partial charge is 0.417 e. The monoisotopic (exact) mass is 359 g/mol. The molecule has 0 aliphatic rings. The number of allylic oxidation sites excluding steroid dienone is 2. The van der Waals surface area contributed by atoms with Gasteiger partial charge in [-0.2, -0.15) is 13.2 Å². The van der Waals surface area contributed by atoms with Crippen LogP contribution in [0.2, 0.25) is 0 Å². The molecule has 0 aliphatic carbocycles. The van der Waals surface area contributed by atoms with Gasteiger partial charge >= 0.3 is 6.18 Å². The van der Waals surface area contributed by atoms with Crippen LogP contribution in [0.1, 0.15) is 24.5 Å². The number of aliphatic hydroxyl groups is 1. The summed E-state index contributed by atoms with van der Waals surface area (Å²) in [6.45, 7) is 1.88. The highest BCUT2D eigenvalue weighted by molar-refractivity contribution is 5.82. The number of anilines is 1. The van der Waals surface area contributed by atoms with E-state index in [4.69, 9.17) is 0 Å². The lowest BCUT2D eigenvalue weighted by molar-refractivity contribution is -0.137. The minimum Gasteiger partial charge on any atom is -0.501 e. The Bertz CT molecular complexity index is 871. The molecule has 0 heterocycles. The van der Waals surface area contributed by atoms with E-state index >= 15 is 0 Å². The summed E-state index contributed by atoms with van der Waals surface area (Å²) in [4.78, 5) is 1.75. The molecule has 0 aliphatic heterocycles. The molecule has 0 saturated heterocycles. The lowest BCUT2D eigenvalue weighted by Crippen LogP contribution is -2.12. The van der Waals surface area contributed by atoms with Crippen LogP contribution in [0.15, 0.2) is 54.3 Å². The van der Waals surface area contributed by atoms with Gasteiger partial charge in [0.2, 0.25) is 0 Å². The number of benzene rings is 2. The number of aliphatic hydroxyl groups excluding tert-OH is 1. The molecule has 5 heteroatoms. The van der Waals surface area contributed by atoms with Gasteiger partial charge in [-0.1, -0.05) is 37.1 Å². The molecule has 0 unspecified atom stereocenters. The number of hydrogen-bond donors (Lipinski definition) is 1. The SMILES string of the molecule is CC/C=C(/O)C#Cc1ccc(-c2ccccc2C(F)(F)F)c(N(C)C)c1. The molecule has 1 N–H and O–H groups in total. The zero-order chi connectivity index (χ0) is 19.3. The van der Waals surface area contributed by atoms with Gasteiger partial charge in [-0.15, -0.1) is 0 Å². The van der Waals surface area contributed by atoms with Crippen LogP contribution in [0.3, 0.4) is 0 Å². The van der Waals surface area contributed by atoms with Gasteiger partial charge in [0.05, 0.1) is 5.56 Å². The van der Waals surface area contributed by atoms with Gasteiger partial charge in [0.15, 0.2) is 5.76 Å². The summed E-state index contributed by atoms with van der Waals surface area (Å²) in [6, 6.07) is 10.5. The van der Waals surface area contributed by atoms with Crippen LogP contribution in [0.25, 0.3) is 11.1 Å². The predicted octanol–water partition coefficient (Wildman–Crippen LogP) is 5.64. The van der Waals surface area contributed by atoms with Crippen LogP contribution in [0.4, 0.5) is 18.9 Å². The maximum atomic E-state index is 13.4. The fourth-order valence-electron chi connectivity index (χ4n) is 2.55. The first-order chi connectivity index (χ1) is 12.2. The largest absolute Gasteiger partial charge is 0.501 e. The van der Waals surface area contributed by atoms with Crippen molar-refractivity contribution in [1.29, 1.82) is 0 Å². The van der Waals surface area contributed by atoms with Crippen LogP contribution in [-0.2, 0) is 6.18 Å². The number of hydrogen-bond acceptors (Lipinski definition) is 2. The average molecular weight is 359 g/mol. The third-order valence-corrected chi connectivity index (χ3v) is 3.73. The molecule has 0 bridgehead atoms. The Morgan fingerprint density at radius 1 is 1.12 bits per heavy atom. The van der Waals surface area contributed by atoms with E-state index in [-0.39, 0.29) is 11.3 Å². The molecule has 0 saturated carbocycles. The maximum absolute atomic E-state index is 13.4. The van der Waals surface area contributed by atoms with Crippen molar-refractivity contribution < 1.29 is 18.3 Å². The maximum Gasteiger partial charge on any atom is 0.417 e. The van der Waals surface area contributed by atoms with Crippen molar-refractivity contribution in [3.05, 3.63) is 65.4 Å². The van der Waals surface area contributed by atoms with Crippen molar-refractivity contribution in [1.82, 2.24) is 0 Å². The molecule has 2 rings (SSSR count). The minimum absolute atomic E-state index is 0.0228. The second-order valence-corrected chi connectivity index (χ2v) is 5.92. The highest BCUT2D eigenvalue weighted by Crippen LogP contribution is 2.40. The second-order valence-electron chi connectivity index (χ2n) is 5.92. The van der Waals surface area contributed by atoms with Gasteiger partial charge in [0.25, 0.3) is 0 Å². The number of rotatable bonds is 3. The van der Waals surface area contributed by atoms with Crippen molar-refractivity contribution in [3.8, 4) is 23.0 Å². The highest BCUT2D eigenvalue weighted by Gasteiger charge is 2.33. The van der Waals surface area contributed by atoms with Crippen LogP contribution in [-0.4, -0.2) is 19.2 Å². The van der Waals surface area contributed by atoms with E-state index in [0.29, 0.717) is 23.2 Å². The second kappa shape index (κ2) is 8.01.